The van der Waals surface area contributed by atoms with Crippen LogP contribution >= 0.6 is 0 Å². The number of ketones is 3. The molecule has 3 aliphatic rings. The van der Waals surface area contributed by atoms with Crippen molar-refractivity contribution >= 4 is 35.4 Å². The number of fused-ring (bicyclic) bond motifs is 3. The Hall–Kier alpha value is -5.26. The van der Waals surface area contributed by atoms with Crippen LogP contribution in [0.2, 0.25) is 0 Å². The third kappa shape index (κ3) is 15.9. The molecule has 12 atom stereocenters. The van der Waals surface area contributed by atoms with Crippen molar-refractivity contribution in [2.24, 2.45) is 29.6 Å². The maximum absolute atomic E-state index is 14.5. The molecule has 1 unspecified atom stereocenters. The van der Waals surface area contributed by atoms with E-state index in [1.807, 2.05) is 44.2 Å². The zero-order chi connectivity index (χ0) is 52.6. The summed E-state index contributed by atoms with van der Waals surface area (Å²) in [5.41, 5.74) is 1.88. The average molecular weight is 992 g/mol. The molecule has 4 rings (SSSR count). The van der Waals surface area contributed by atoms with E-state index in [0.717, 1.165) is 10.5 Å². The monoisotopic (exact) mass is 992 g/mol. The van der Waals surface area contributed by atoms with Gasteiger partial charge in [-0.25, -0.2) is 9.59 Å². The lowest BCUT2D eigenvalue weighted by Gasteiger charge is -2.42. The smallest absolute Gasteiger partial charge is 0.493 e. The van der Waals surface area contributed by atoms with Gasteiger partial charge < -0.3 is 48.3 Å². The number of carbonyl (C=O) groups is 6. The van der Waals surface area contributed by atoms with Crippen LogP contribution < -0.4 is 9.47 Å². The maximum Gasteiger partial charge on any atom is 0.514 e. The van der Waals surface area contributed by atoms with Crippen molar-refractivity contribution in [3.05, 3.63) is 84.0 Å². The summed E-state index contributed by atoms with van der Waals surface area (Å²) in [5, 5.41) is 23.5. The number of amides is 1. The number of benzene rings is 1. The number of hydrogen-bond acceptors (Lipinski definition) is 15. The lowest BCUT2D eigenvalue weighted by molar-refractivity contribution is -0.265. The van der Waals surface area contributed by atoms with Crippen molar-refractivity contribution in [1.29, 1.82) is 0 Å². The van der Waals surface area contributed by atoms with E-state index < -0.39 is 89.8 Å². The molecule has 2 N–H and O–H groups in total. The van der Waals surface area contributed by atoms with E-state index in [-0.39, 0.29) is 61.4 Å². The highest BCUT2D eigenvalue weighted by Crippen LogP contribution is 2.37. The zero-order valence-electron chi connectivity index (χ0n) is 43.3. The summed E-state index contributed by atoms with van der Waals surface area (Å²) < 4.78 is 39.6. The fourth-order valence-electron chi connectivity index (χ4n) is 9.45. The summed E-state index contributed by atoms with van der Waals surface area (Å²) in [4.78, 5) is 84.4. The molecule has 71 heavy (non-hydrogen) atoms. The molecule has 0 radical (unpaired) electrons. The van der Waals surface area contributed by atoms with Crippen LogP contribution in [0.5, 0.6) is 11.5 Å². The standard InChI is InChI=1S/C55H77NO15/c1-12-26-68-54(63)70-44-24-22-40(30-47(44)66-10)29-36(5)46-32-43(57)35(4)28-38(7)49(59)50(67-11)48(58)37(6)27-33(2)18-14-13-15-19-34(3)45(65-9)31-41-23-21-39(8)55(64,71-41)51(60)52(61)56-25-17-16-20-42(56)53(62)69-46/h12-15,18-19,22,24,28,30,33,35-37,39,41-42,45-46,49-50,59,64H,1,16-17,20-21,23,25-27,29,31-32H2,2-11H3/b15-13+,18-14+,34-19+,38-28+/t33-,35-,36-,37-,39-,41+,42+,45+,46+,49?,50+,55-/m1/s1. The van der Waals surface area contributed by atoms with Crippen molar-refractivity contribution in [2.45, 2.75) is 149 Å². The number of cyclic esters (lactones) is 1. The van der Waals surface area contributed by atoms with Gasteiger partial charge >= 0.3 is 12.1 Å². The van der Waals surface area contributed by atoms with Crippen LogP contribution in [0.15, 0.2) is 78.5 Å². The number of aliphatic hydroxyl groups is 2. The molecule has 1 aromatic carbocycles. The van der Waals surface area contributed by atoms with E-state index in [1.165, 1.54) is 26.4 Å². The molecular weight excluding hydrogens is 915 g/mol. The highest BCUT2D eigenvalue weighted by molar-refractivity contribution is 6.39. The van der Waals surface area contributed by atoms with Crippen LogP contribution in [-0.4, -0.2) is 127 Å². The first-order chi connectivity index (χ1) is 33.7. The SMILES string of the molecule is C=CCOC(=O)Oc1ccc(C[C@@H](C)[C@@H]2CC(=O)[C@H](C)/C=C(\C)C(O)[C@@H](OC)C(=O)[C@H](C)C[C@H](C)/C=C/C=C/C=C(\C)[C@@H](OC)C[C@@H]3CC[C@@H](C)[C@@](O)(O3)C(=O)C(=O)N3CCCC[C@H]3C(=O)O2)cc1OC. The van der Waals surface area contributed by atoms with Gasteiger partial charge in [-0.3, -0.25) is 19.2 Å². The minimum Gasteiger partial charge on any atom is -0.493 e. The van der Waals surface area contributed by atoms with Gasteiger partial charge in [-0.2, -0.15) is 0 Å². The van der Waals surface area contributed by atoms with Crippen LogP contribution in [0.3, 0.4) is 0 Å². The molecular formula is C55H77NO15. The minimum atomic E-state index is -2.47. The number of Topliss-reactive ketones (excluding diaryl/α,β-unsaturated/α-hetero) is 3. The summed E-state index contributed by atoms with van der Waals surface area (Å²) >= 11 is 0. The Morgan fingerprint density at radius 1 is 0.944 bits per heavy atom. The first-order valence-electron chi connectivity index (χ1n) is 24.8. The predicted octanol–water partition coefficient (Wildman–Crippen LogP) is 7.57. The number of esters is 1. The summed E-state index contributed by atoms with van der Waals surface area (Å²) in [5.74, 6) is -8.45. The maximum atomic E-state index is 14.5. The van der Waals surface area contributed by atoms with Gasteiger partial charge in [0.2, 0.25) is 5.79 Å². The van der Waals surface area contributed by atoms with Crippen molar-refractivity contribution < 1.29 is 72.1 Å². The number of piperidine rings is 1. The van der Waals surface area contributed by atoms with Crippen LogP contribution in [0, 0.1) is 29.6 Å². The fourth-order valence-corrected chi connectivity index (χ4v) is 9.45. The summed E-state index contributed by atoms with van der Waals surface area (Å²) in [6.45, 7) is 15.9. The molecule has 0 aromatic heterocycles. The molecule has 0 saturated carbocycles. The number of allylic oxidation sites excluding steroid dienone is 6. The topological polar surface area (TPSA) is 211 Å². The van der Waals surface area contributed by atoms with Gasteiger partial charge in [0.1, 0.15) is 36.7 Å². The Bertz CT molecular complexity index is 2160. The Morgan fingerprint density at radius 2 is 1.68 bits per heavy atom. The van der Waals surface area contributed by atoms with Crippen LogP contribution in [-0.2, 0) is 54.1 Å². The Balaban J connectivity index is 1.73. The molecule has 1 aromatic rings. The number of hydrogen-bond donors (Lipinski definition) is 2. The molecule has 2 saturated heterocycles. The van der Waals surface area contributed by atoms with E-state index in [2.05, 4.69) is 6.58 Å². The number of nitrogens with zero attached hydrogens (tertiary/aromatic N) is 1. The number of rotatable bonds is 9. The summed E-state index contributed by atoms with van der Waals surface area (Å²) in [6, 6.07) is 3.65. The van der Waals surface area contributed by atoms with Crippen molar-refractivity contribution in [1.82, 2.24) is 4.90 Å². The van der Waals surface area contributed by atoms with Gasteiger partial charge in [0, 0.05) is 51.4 Å². The first-order valence-corrected chi connectivity index (χ1v) is 24.8. The lowest BCUT2D eigenvalue weighted by atomic mass is 9.85. The van der Waals surface area contributed by atoms with E-state index in [1.54, 1.807) is 59.9 Å². The van der Waals surface area contributed by atoms with E-state index in [9.17, 15) is 39.0 Å². The van der Waals surface area contributed by atoms with Crippen molar-refractivity contribution in [3.8, 4) is 11.5 Å². The third-order valence-corrected chi connectivity index (χ3v) is 13.9. The van der Waals surface area contributed by atoms with Crippen molar-refractivity contribution in [2.75, 3.05) is 34.5 Å². The average Bonchev–Trinajstić information content (AvgIpc) is 3.35. The fraction of sp³-hybridized carbons (Fsp3) is 0.600. The van der Waals surface area contributed by atoms with Gasteiger partial charge in [0.15, 0.2) is 17.3 Å². The molecule has 16 nitrogen and oxygen atoms in total. The molecule has 2 bridgehead atoms. The Kier molecular flexibility index (Phi) is 22.6. The minimum absolute atomic E-state index is 0.00616. The summed E-state index contributed by atoms with van der Waals surface area (Å²) in [6.07, 6.45) is 9.59. The zero-order valence-corrected chi connectivity index (χ0v) is 43.3. The quantitative estimate of drug-likeness (QED) is 0.106. The second kappa shape index (κ2) is 27.5. The molecule has 3 aliphatic heterocycles. The molecule has 3 heterocycles. The van der Waals surface area contributed by atoms with E-state index in [4.69, 9.17) is 33.2 Å². The highest BCUT2D eigenvalue weighted by atomic mass is 16.7. The number of aliphatic hydroxyl groups excluding tert-OH is 1. The lowest BCUT2D eigenvalue weighted by Crippen LogP contribution is -2.61. The molecule has 0 aliphatic carbocycles. The Labute approximate surface area is 419 Å². The normalized spacial score (nSPS) is 33.2. The predicted molar refractivity (Wildman–Crippen MR) is 265 cm³/mol. The molecule has 16 heteroatoms. The molecule has 0 spiro atoms. The van der Waals surface area contributed by atoms with Crippen LogP contribution in [0.4, 0.5) is 4.79 Å². The largest absolute Gasteiger partial charge is 0.514 e. The first kappa shape index (κ1) is 58.3. The Morgan fingerprint density at radius 3 is 2.35 bits per heavy atom. The molecule has 2 fully saturated rings. The van der Waals surface area contributed by atoms with E-state index in [0.29, 0.717) is 49.7 Å². The third-order valence-electron chi connectivity index (χ3n) is 13.9. The molecule has 392 valence electrons. The number of methoxy groups -OCH3 is 3. The highest BCUT2D eigenvalue weighted by Gasteiger charge is 2.53. The summed E-state index contributed by atoms with van der Waals surface area (Å²) in [7, 11) is 4.32. The van der Waals surface area contributed by atoms with Gasteiger partial charge in [-0.05, 0) is 99.5 Å². The van der Waals surface area contributed by atoms with E-state index >= 15 is 0 Å². The van der Waals surface area contributed by atoms with Gasteiger partial charge in [0.25, 0.3) is 11.7 Å². The number of ether oxygens (including phenoxy) is 7. The van der Waals surface area contributed by atoms with Crippen LogP contribution in [0.1, 0.15) is 105 Å². The number of carbonyl (C=O) groups excluding carboxylic acids is 6. The van der Waals surface area contributed by atoms with Gasteiger partial charge in [-0.15, -0.1) is 0 Å². The van der Waals surface area contributed by atoms with Gasteiger partial charge in [0.05, 0.1) is 19.3 Å². The second-order valence-corrected chi connectivity index (χ2v) is 19.5. The molecule has 1 amide bonds. The van der Waals surface area contributed by atoms with Crippen molar-refractivity contribution in [3.63, 3.8) is 0 Å². The van der Waals surface area contributed by atoms with Gasteiger partial charge in [-0.1, -0.05) is 89.8 Å². The van der Waals surface area contributed by atoms with Crippen LogP contribution in [0.25, 0.3) is 0 Å². The second-order valence-electron chi connectivity index (χ2n) is 19.5.